The first-order valence-corrected chi connectivity index (χ1v) is 18.4. The highest BCUT2D eigenvalue weighted by Crippen LogP contribution is 2.29. The Bertz CT molecular complexity index is 1660. The summed E-state index contributed by atoms with van der Waals surface area (Å²) in [4.78, 5) is 48.2. The zero-order valence-electron chi connectivity index (χ0n) is 29.7. The van der Waals surface area contributed by atoms with Crippen molar-refractivity contribution < 1.29 is 24.2 Å². The van der Waals surface area contributed by atoms with E-state index in [0.29, 0.717) is 30.1 Å². The lowest BCUT2D eigenvalue weighted by Crippen LogP contribution is -2.48. The SMILES string of the molecule is CCCCCCCOc1ccc(-c2cnc(-c3ccc(CC(NC(=O)c4ccc(C(C)(C)C)s4)C(=O)NCCCCC(=O)O)cc3)nc2)cc1. The van der Waals surface area contributed by atoms with Crippen LogP contribution in [-0.2, 0) is 21.4 Å². The molecule has 0 aliphatic carbocycles. The largest absolute Gasteiger partial charge is 0.494 e. The summed E-state index contributed by atoms with van der Waals surface area (Å²) in [6.07, 6.45) is 11.0. The molecule has 2 aromatic heterocycles. The Morgan fingerprint density at radius 1 is 0.820 bits per heavy atom. The van der Waals surface area contributed by atoms with Gasteiger partial charge in [0.2, 0.25) is 5.91 Å². The third-order valence-corrected chi connectivity index (χ3v) is 9.83. The maximum atomic E-state index is 13.3. The Hall–Kier alpha value is -4.57. The summed E-state index contributed by atoms with van der Waals surface area (Å²) in [5.74, 6) is -0.0402. The van der Waals surface area contributed by atoms with Crippen molar-refractivity contribution in [2.75, 3.05) is 13.2 Å². The third-order valence-electron chi connectivity index (χ3n) is 8.32. The van der Waals surface area contributed by atoms with Gasteiger partial charge in [-0.2, -0.15) is 0 Å². The molecule has 4 rings (SSSR count). The Kier molecular flexibility index (Phi) is 14.5. The summed E-state index contributed by atoms with van der Waals surface area (Å²) in [6, 6.07) is 18.6. The number of carbonyl (C=O) groups excluding carboxylic acids is 2. The average Bonchev–Trinajstić information content (AvgIpc) is 3.62. The number of thiophene rings is 1. The summed E-state index contributed by atoms with van der Waals surface area (Å²) < 4.78 is 5.89. The van der Waals surface area contributed by atoms with Gasteiger partial charge in [-0.1, -0.05) is 89.8 Å². The number of rotatable bonds is 19. The average molecular weight is 699 g/mol. The number of nitrogens with one attached hydrogen (secondary N) is 2. The molecular weight excluding hydrogens is 649 g/mol. The number of nitrogens with zero attached hydrogens (tertiary/aromatic N) is 2. The Morgan fingerprint density at radius 3 is 2.14 bits per heavy atom. The summed E-state index contributed by atoms with van der Waals surface area (Å²) >= 11 is 1.42. The Morgan fingerprint density at radius 2 is 1.50 bits per heavy atom. The molecule has 0 radical (unpaired) electrons. The van der Waals surface area contributed by atoms with Crippen molar-refractivity contribution >= 4 is 29.1 Å². The zero-order chi connectivity index (χ0) is 35.9. The first-order valence-electron chi connectivity index (χ1n) is 17.6. The van der Waals surface area contributed by atoms with Crippen molar-refractivity contribution in [3.63, 3.8) is 0 Å². The third kappa shape index (κ3) is 12.1. The van der Waals surface area contributed by atoms with E-state index in [-0.39, 0.29) is 30.1 Å². The molecule has 9 nitrogen and oxygen atoms in total. The molecule has 0 spiro atoms. The van der Waals surface area contributed by atoms with E-state index in [1.54, 1.807) is 6.07 Å². The number of carbonyl (C=O) groups is 3. The van der Waals surface area contributed by atoms with Gasteiger partial charge in [0.15, 0.2) is 5.82 Å². The number of aliphatic carboxylic acids is 1. The highest BCUT2D eigenvalue weighted by atomic mass is 32.1. The van der Waals surface area contributed by atoms with Gasteiger partial charge in [-0.3, -0.25) is 14.4 Å². The molecule has 50 heavy (non-hydrogen) atoms. The van der Waals surface area contributed by atoms with Gasteiger partial charge in [0.25, 0.3) is 5.91 Å². The fourth-order valence-electron chi connectivity index (χ4n) is 5.33. The second-order valence-electron chi connectivity index (χ2n) is 13.6. The molecule has 1 atom stereocenters. The number of unbranched alkanes of at least 4 members (excludes halogenated alkanes) is 5. The number of hydrogen-bond donors (Lipinski definition) is 3. The van der Waals surface area contributed by atoms with Gasteiger partial charge in [0.05, 0.1) is 11.5 Å². The van der Waals surface area contributed by atoms with Crippen LogP contribution < -0.4 is 15.4 Å². The molecule has 10 heteroatoms. The van der Waals surface area contributed by atoms with Crippen molar-refractivity contribution in [3.8, 4) is 28.3 Å². The van der Waals surface area contributed by atoms with Crippen LogP contribution in [-0.4, -0.2) is 52.1 Å². The van der Waals surface area contributed by atoms with E-state index in [1.807, 2.05) is 67.0 Å². The molecule has 0 fully saturated rings. The standard InChI is InChI=1S/C40H50N4O5S/c1-5-6-7-8-11-24-49-32-19-17-29(18-20-32)31-26-42-37(43-27-31)30-15-13-28(14-16-30)25-33(38(47)41-23-10-9-12-36(45)46)44-39(48)34-21-22-35(50-34)40(2,3)4/h13-22,26-27,33H,5-12,23-25H2,1-4H3,(H,41,47)(H,44,48)(H,45,46). The lowest BCUT2D eigenvalue weighted by atomic mass is 9.95. The van der Waals surface area contributed by atoms with Gasteiger partial charge < -0.3 is 20.5 Å². The van der Waals surface area contributed by atoms with Crippen molar-refractivity contribution in [1.82, 2.24) is 20.6 Å². The fourth-order valence-corrected chi connectivity index (χ4v) is 6.30. The lowest BCUT2D eigenvalue weighted by Gasteiger charge is -2.19. The van der Waals surface area contributed by atoms with Gasteiger partial charge in [-0.05, 0) is 60.1 Å². The number of aromatic nitrogens is 2. The van der Waals surface area contributed by atoms with Crippen LogP contribution in [0.2, 0.25) is 0 Å². The first kappa shape index (κ1) is 38.2. The molecule has 0 aliphatic heterocycles. The van der Waals surface area contributed by atoms with Gasteiger partial charge in [-0.15, -0.1) is 11.3 Å². The van der Waals surface area contributed by atoms with Crippen molar-refractivity contribution in [3.05, 3.63) is 88.4 Å². The summed E-state index contributed by atoms with van der Waals surface area (Å²) in [5.41, 5.74) is 3.52. The van der Waals surface area contributed by atoms with E-state index in [9.17, 15) is 14.4 Å². The molecule has 0 saturated heterocycles. The van der Waals surface area contributed by atoms with Crippen LogP contribution >= 0.6 is 11.3 Å². The number of carboxylic acid groups (broad SMARTS) is 1. The number of hydrogen-bond acceptors (Lipinski definition) is 7. The highest BCUT2D eigenvalue weighted by Gasteiger charge is 2.24. The number of ether oxygens (including phenoxy) is 1. The molecule has 2 aromatic carbocycles. The maximum absolute atomic E-state index is 13.3. The molecule has 3 N–H and O–H groups in total. The second-order valence-corrected chi connectivity index (χ2v) is 14.6. The van der Waals surface area contributed by atoms with Crippen LogP contribution in [0.1, 0.15) is 99.2 Å². The molecule has 2 amide bonds. The van der Waals surface area contributed by atoms with E-state index in [0.717, 1.165) is 45.9 Å². The van der Waals surface area contributed by atoms with Crippen LogP contribution in [0.4, 0.5) is 0 Å². The molecule has 1 unspecified atom stereocenters. The minimum Gasteiger partial charge on any atom is -0.494 e. The summed E-state index contributed by atoms with van der Waals surface area (Å²) in [6.45, 7) is 9.55. The smallest absolute Gasteiger partial charge is 0.303 e. The molecular formula is C40H50N4O5S. The predicted molar refractivity (Wildman–Crippen MR) is 200 cm³/mol. The van der Waals surface area contributed by atoms with Gasteiger partial charge in [0, 0.05) is 47.8 Å². The molecule has 4 aromatic rings. The monoisotopic (exact) mass is 698 g/mol. The van der Waals surface area contributed by atoms with Crippen LogP contribution in [0.25, 0.3) is 22.5 Å². The van der Waals surface area contributed by atoms with E-state index in [1.165, 1.54) is 37.0 Å². The lowest BCUT2D eigenvalue weighted by molar-refractivity contribution is -0.137. The maximum Gasteiger partial charge on any atom is 0.303 e. The molecule has 266 valence electrons. The van der Waals surface area contributed by atoms with Crippen LogP contribution in [0.5, 0.6) is 5.75 Å². The van der Waals surface area contributed by atoms with Crippen LogP contribution in [0.3, 0.4) is 0 Å². The molecule has 0 saturated carbocycles. The highest BCUT2D eigenvalue weighted by molar-refractivity contribution is 7.14. The van der Waals surface area contributed by atoms with Gasteiger partial charge in [0.1, 0.15) is 11.8 Å². The fraction of sp³-hybridized carbons (Fsp3) is 0.425. The number of amides is 2. The summed E-state index contributed by atoms with van der Waals surface area (Å²) in [7, 11) is 0. The van der Waals surface area contributed by atoms with E-state index in [2.05, 4.69) is 48.3 Å². The quantitative estimate of drug-likeness (QED) is 0.0841. The van der Waals surface area contributed by atoms with Crippen LogP contribution in [0, 0.1) is 0 Å². The Labute approximate surface area is 299 Å². The van der Waals surface area contributed by atoms with E-state index in [4.69, 9.17) is 9.84 Å². The van der Waals surface area contributed by atoms with Crippen molar-refractivity contribution in [2.24, 2.45) is 0 Å². The second kappa shape index (κ2) is 19.0. The molecule has 0 aliphatic rings. The molecule has 0 bridgehead atoms. The first-order chi connectivity index (χ1) is 24.0. The van der Waals surface area contributed by atoms with Crippen LogP contribution in [0.15, 0.2) is 73.1 Å². The number of carboxylic acids is 1. The Balaban J connectivity index is 1.37. The predicted octanol–water partition coefficient (Wildman–Crippen LogP) is 8.23. The normalized spacial score (nSPS) is 11.9. The van der Waals surface area contributed by atoms with Crippen molar-refractivity contribution in [1.29, 1.82) is 0 Å². The minimum absolute atomic E-state index is 0.0468. The van der Waals surface area contributed by atoms with Gasteiger partial charge in [-0.25, -0.2) is 9.97 Å². The van der Waals surface area contributed by atoms with E-state index < -0.39 is 12.0 Å². The number of benzene rings is 2. The van der Waals surface area contributed by atoms with E-state index >= 15 is 0 Å². The zero-order valence-corrected chi connectivity index (χ0v) is 30.5. The minimum atomic E-state index is -0.865. The summed E-state index contributed by atoms with van der Waals surface area (Å²) in [5, 5.41) is 14.7. The van der Waals surface area contributed by atoms with Crippen molar-refractivity contribution in [2.45, 2.75) is 96.9 Å². The topological polar surface area (TPSA) is 131 Å². The molecule has 2 heterocycles. The van der Waals surface area contributed by atoms with Gasteiger partial charge >= 0.3 is 5.97 Å².